The molecule has 0 spiro atoms. The van der Waals surface area contributed by atoms with Gasteiger partial charge in [-0.1, -0.05) is 29.8 Å². The summed E-state index contributed by atoms with van der Waals surface area (Å²) in [6, 6.07) is 7.27. The summed E-state index contributed by atoms with van der Waals surface area (Å²) in [4.78, 5) is 14.2. The molecular weight excluding hydrogens is 302 g/mol. The van der Waals surface area contributed by atoms with Gasteiger partial charge in [0.25, 0.3) is 0 Å². The molecular formula is C16H24ClN3O2. The Balaban J connectivity index is 1.64. The van der Waals surface area contributed by atoms with Crippen molar-refractivity contribution in [3.63, 3.8) is 0 Å². The van der Waals surface area contributed by atoms with E-state index in [9.17, 15) is 4.79 Å². The van der Waals surface area contributed by atoms with Crippen molar-refractivity contribution in [1.82, 2.24) is 15.5 Å². The van der Waals surface area contributed by atoms with Crippen LogP contribution in [-0.2, 0) is 4.74 Å². The lowest BCUT2D eigenvalue weighted by Gasteiger charge is -2.26. The van der Waals surface area contributed by atoms with E-state index in [0.29, 0.717) is 11.6 Å². The molecule has 1 heterocycles. The van der Waals surface area contributed by atoms with Crippen molar-refractivity contribution in [2.75, 3.05) is 39.4 Å². The quantitative estimate of drug-likeness (QED) is 0.790. The molecule has 1 fully saturated rings. The molecule has 6 heteroatoms. The van der Waals surface area contributed by atoms with Crippen LogP contribution in [0.25, 0.3) is 0 Å². The molecule has 0 bridgehead atoms. The lowest BCUT2D eigenvalue weighted by molar-refractivity contribution is 0.0375. The van der Waals surface area contributed by atoms with E-state index in [2.05, 4.69) is 15.5 Å². The number of benzene rings is 1. The molecule has 5 nitrogen and oxygen atoms in total. The van der Waals surface area contributed by atoms with Crippen molar-refractivity contribution in [2.45, 2.75) is 19.4 Å². The Kier molecular flexibility index (Phi) is 6.96. The first kappa shape index (κ1) is 17.1. The molecule has 0 aromatic heterocycles. The van der Waals surface area contributed by atoms with E-state index in [1.165, 1.54) is 0 Å². The van der Waals surface area contributed by atoms with Gasteiger partial charge in [0, 0.05) is 24.7 Å². The summed E-state index contributed by atoms with van der Waals surface area (Å²) < 4.78 is 5.31. The van der Waals surface area contributed by atoms with E-state index in [1.807, 2.05) is 31.2 Å². The summed E-state index contributed by atoms with van der Waals surface area (Å²) in [6.07, 6.45) is 0.938. The molecule has 1 aromatic rings. The molecule has 2 N–H and O–H groups in total. The Labute approximate surface area is 137 Å². The second kappa shape index (κ2) is 8.98. The molecule has 2 amide bonds. The summed E-state index contributed by atoms with van der Waals surface area (Å²) in [7, 11) is 0. The average Bonchev–Trinajstić information content (AvgIpc) is 2.53. The number of nitrogens with zero attached hydrogens (tertiary/aromatic N) is 1. The standard InChI is InChI=1S/C16H24ClN3O2/c1-13(14-5-2-3-6-15(14)17)19-16(21)18-7-4-8-20-9-11-22-12-10-20/h2-3,5-6,13H,4,7-12H2,1H3,(H2,18,19,21). The van der Waals surface area contributed by atoms with E-state index >= 15 is 0 Å². The third-order valence-corrected chi connectivity index (χ3v) is 4.10. The van der Waals surface area contributed by atoms with Gasteiger partial charge in [-0.3, -0.25) is 4.90 Å². The molecule has 1 saturated heterocycles. The third kappa shape index (κ3) is 5.48. The zero-order chi connectivity index (χ0) is 15.8. The number of amides is 2. The zero-order valence-corrected chi connectivity index (χ0v) is 13.7. The largest absolute Gasteiger partial charge is 0.379 e. The minimum atomic E-state index is -0.158. The van der Waals surface area contributed by atoms with Crippen LogP contribution in [0.15, 0.2) is 24.3 Å². The SMILES string of the molecule is CC(NC(=O)NCCCN1CCOCC1)c1ccccc1Cl. The van der Waals surface area contributed by atoms with E-state index in [-0.39, 0.29) is 12.1 Å². The highest BCUT2D eigenvalue weighted by Gasteiger charge is 2.12. The van der Waals surface area contributed by atoms with Crippen LogP contribution in [0.1, 0.15) is 24.9 Å². The van der Waals surface area contributed by atoms with Crippen molar-refractivity contribution in [3.8, 4) is 0 Å². The number of rotatable bonds is 6. The van der Waals surface area contributed by atoms with Gasteiger partial charge in [-0.25, -0.2) is 4.79 Å². The maximum absolute atomic E-state index is 11.9. The van der Waals surface area contributed by atoms with Crippen molar-refractivity contribution < 1.29 is 9.53 Å². The average molecular weight is 326 g/mol. The highest BCUT2D eigenvalue weighted by molar-refractivity contribution is 6.31. The Bertz CT molecular complexity index is 478. The first-order valence-corrected chi connectivity index (χ1v) is 8.13. The van der Waals surface area contributed by atoms with Crippen molar-refractivity contribution in [2.24, 2.45) is 0 Å². The van der Waals surface area contributed by atoms with Crippen LogP contribution in [0, 0.1) is 0 Å². The monoisotopic (exact) mass is 325 g/mol. The number of carbonyl (C=O) groups is 1. The summed E-state index contributed by atoms with van der Waals surface area (Å²) in [5, 5.41) is 6.47. The molecule has 1 atom stereocenters. The van der Waals surface area contributed by atoms with Crippen LogP contribution in [0.4, 0.5) is 4.79 Å². The number of hydrogen-bond acceptors (Lipinski definition) is 3. The lowest BCUT2D eigenvalue weighted by Crippen LogP contribution is -2.40. The van der Waals surface area contributed by atoms with Crippen LogP contribution >= 0.6 is 11.6 Å². The summed E-state index contributed by atoms with van der Waals surface area (Å²) >= 11 is 6.13. The van der Waals surface area contributed by atoms with E-state index in [4.69, 9.17) is 16.3 Å². The minimum Gasteiger partial charge on any atom is -0.379 e. The van der Waals surface area contributed by atoms with Crippen LogP contribution < -0.4 is 10.6 Å². The fraction of sp³-hybridized carbons (Fsp3) is 0.562. The predicted molar refractivity (Wildman–Crippen MR) is 88.3 cm³/mol. The number of hydrogen-bond donors (Lipinski definition) is 2. The molecule has 1 unspecified atom stereocenters. The third-order valence-electron chi connectivity index (χ3n) is 3.76. The van der Waals surface area contributed by atoms with Gasteiger partial charge in [-0.2, -0.15) is 0 Å². The van der Waals surface area contributed by atoms with Crippen molar-refractivity contribution in [1.29, 1.82) is 0 Å². The molecule has 122 valence electrons. The van der Waals surface area contributed by atoms with Crippen LogP contribution in [-0.4, -0.2) is 50.3 Å². The number of morpholine rings is 1. The number of ether oxygens (including phenoxy) is 1. The molecule has 0 saturated carbocycles. The zero-order valence-electron chi connectivity index (χ0n) is 13.0. The predicted octanol–water partition coefficient (Wildman–Crippen LogP) is 2.42. The second-order valence-electron chi connectivity index (χ2n) is 5.45. The Morgan fingerprint density at radius 3 is 2.82 bits per heavy atom. The van der Waals surface area contributed by atoms with Gasteiger partial charge in [0.05, 0.1) is 19.3 Å². The van der Waals surface area contributed by atoms with Gasteiger partial charge in [-0.15, -0.1) is 0 Å². The summed E-state index contributed by atoms with van der Waals surface area (Å²) in [5.74, 6) is 0. The Hall–Kier alpha value is -1.30. The van der Waals surface area contributed by atoms with E-state index in [1.54, 1.807) is 0 Å². The highest BCUT2D eigenvalue weighted by Crippen LogP contribution is 2.21. The molecule has 1 aliphatic heterocycles. The number of urea groups is 1. The van der Waals surface area contributed by atoms with Gasteiger partial charge in [-0.05, 0) is 31.5 Å². The van der Waals surface area contributed by atoms with Gasteiger partial charge in [0.15, 0.2) is 0 Å². The number of halogens is 1. The maximum atomic E-state index is 11.9. The van der Waals surface area contributed by atoms with Gasteiger partial charge in [0.2, 0.25) is 0 Å². The first-order chi connectivity index (χ1) is 10.7. The number of carbonyl (C=O) groups excluding carboxylic acids is 1. The topological polar surface area (TPSA) is 53.6 Å². The minimum absolute atomic E-state index is 0.118. The maximum Gasteiger partial charge on any atom is 0.315 e. The Morgan fingerprint density at radius 2 is 2.09 bits per heavy atom. The van der Waals surface area contributed by atoms with E-state index in [0.717, 1.165) is 44.8 Å². The highest BCUT2D eigenvalue weighted by atomic mass is 35.5. The number of nitrogens with one attached hydrogen (secondary N) is 2. The molecule has 0 aliphatic carbocycles. The van der Waals surface area contributed by atoms with Crippen LogP contribution in [0.5, 0.6) is 0 Å². The van der Waals surface area contributed by atoms with Crippen molar-refractivity contribution >= 4 is 17.6 Å². The summed E-state index contributed by atoms with van der Waals surface area (Å²) in [5.41, 5.74) is 0.924. The van der Waals surface area contributed by atoms with Crippen molar-refractivity contribution in [3.05, 3.63) is 34.9 Å². The van der Waals surface area contributed by atoms with Crippen LogP contribution in [0.3, 0.4) is 0 Å². The summed E-state index contributed by atoms with van der Waals surface area (Å²) in [6.45, 7) is 7.16. The molecule has 1 aromatic carbocycles. The smallest absolute Gasteiger partial charge is 0.315 e. The van der Waals surface area contributed by atoms with Gasteiger partial charge < -0.3 is 15.4 Å². The van der Waals surface area contributed by atoms with Gasteiger partial charge >= 0.3 is 6.03 Å². The fourth-order valence-electron chi connectivity index (χ4n) is 2.48. The second-order valence-corrected chi connectivity index (χ2v) is 5.86. The molecule has 2 rings (SSSR count). The van der Waals surface area contributed by atoms with E-state index < -0.39 is 0 Å². The molecule has 1 aliphatic rings. The lowest BCUT2D eigenvalue weighted by atomic mass is 10.1. The molecule has 0 radical (unpaired) electrons. The van der Waals surface area contributed by atoms with Gasteiger partial charge in [0.1, 0.15) is 0 Å². The Morgan fingerprint density at radius 1 is 1.36 bits per heavy atom. The molecule has 22 heavy (non-hydrogen) atoms. The first-order valence-electron chi connectivity index (χ1n) is 7.75. The normalized spacial score (nSPS) is 17.0. The fourth-order valence-corrected chi connectivity index (χ4v) is 2.78. The van der Waals surface area contributed by atoms with Crippen LogP contribution in [0.2, 0.25) is 5.02 Å².